The molecule has 3 rings (SSSR count). The minimum atomic E-state index is -0.534. The van der Waals surface area contributed by atoms with Gasteiger partial charge in [-0.05, 0) is 37.1 Å². The summed E-state index contributed by atoms with van der Waals surface area (Å²) in [7, 11) is 0. The quantitative estimate of drug-likeness (QED) is 0.688. The van der Waals surface area contributed by atoms with Gasteiger partial charge in [0.1, 0.15) is 16.7 Å². The number of fused-ring (bicyclic) bond motifs is 1. The Balaban J connectivity index is 0.00000243. The molecule has 2 atom stereocenters. The first-order chi connectivity index (χ1) is 12.1. The minimum Gasteiger partial charge on any atom is -0.353 e. The Hall–Kier alpha value is -1.31. The molecular weight excluding hydrogens is 377 g/mol. The highest BCUT2D eigenvalue weighted by molar-refractivity contribution is 8.00. The number of carbonyl (C=O) groups excluding carboxylic acids is 2. The maximum Gasteiger partial charge on any atom is 0.243 e. The highest BCUT2D eigenvalue weighted by Gasteiger charge is 2.56. The van der Waals surface area contributed by atoms with E-state index >= 15 is 0 Å². The van der Waals surface area contributed by atoms with E-state index in [1.54, 1.807) is 28.8 Å². The van der Waals surface area contributed by atoms with Crippen molar-refractivity contribution in [3.05, 3.63) is 35.6 Å². The lowest BCUT2D eigenvalue weighted by Gasteiger charge is -2.34. The number of thioether (sulfide) groups is 1. The molecule has 0 aliphatic carbocycles. The van der Waals surface area contributed by atoms with Crippen molar-refractivity contribution in [1.29, 1.82) is 0 Å². The van der Waals surface area contributed by atoms with Crippen LogP contribution in [0, 0.1) is 5.82 Å². The van der Waals surface area contributed by atoms with Gasteiger partial charge in [0.25, 0.3) is 0 Å². The second-order valence-electron chi connectivity index (χ2n) is 6.42. The number of amides is 2. The second-order valence-corrected chi connectivity index (χ2v) is 7.72. The second kappa shape index (κ2) is 9.06. The SMILES string of the molecule is CCCNCCNC(=O)C1CSC2(c3ccc(F)cc3)CCC(=O)N12.Cl. The maximum absolute atomic E-state index is 13.3. The van der Waals surface area contributed by atoms with E-state index in [0.717, 1.165) is 25.1 Å². The van der Waals surface area contributed by atoms with Crippen LogP contribution in [0.4, 0.5) is 4.39 Å². The van der Waals surface area contributed by atoms with E-state index in [-0.39, 0.29) is 30.0 Å². The summed E-state index contributed by atoms with van der Waals surface area (Å²) in [5, 5.41) is 6.16. The Morgan fingerprint density at radius 3 is 2.73 bits per heavy atom. The van der Waals surface area contributed by atoms with Crippen molar-refractivity contribution in [2.75, 3.05) is 25.4 Å². The van der Waals surface area contributed by atoms with Crippen LogP contribution in [0.2, 0.25) is 0 Å². The predicted octanol–water partition coefficient (Wildman–Crippen LogP) is 2.25. The molecule has 1 aromatic rings. The van der Waals surface area contributed by atoms with Gasteiger partial charge in [0, 0.05) is 25.3 Å². The summed E-state index contributed by atoms with van der Waals surface area (Å²) in [6, 6.07) is 5.82. The molecular formula is C18H25ClFN3O2S. The van der Waals surface area contributed by atoms with E-state index in [1.165, 1.54) is 12.1 Å². The topological polar surface area (TPSA) is 61.4 Å². The molecule has 26 heavy (non-hydrogen) atoms. The molecule has 2 aliphatic heterocycles. The molecule has 0 bridgehead atoms. The Bertz CT molecular complexity index is 646. The van der Waals surface area contributed by atoms with Crippen molar-refractivity contribution in [3.8, 4) is 0 Å². The molecule has 8 heteroatoms. The molecule has 2 fully saturated rings. The van der Waals surface area contributed by atoms with Gasteiger partial charge in [-0.1, -0.05) is 19.1 Å². The van der Waals surface area contributed by atoms with Crippen LogP contribution < -0.4 is 10.6 Å². The zero-order chi connectivity index (χ0) is 17.9. The van der Waals surface area contributed by atoms with Crippen LogP contribution in [0.15, 0.2) is 24.3 Å². The monoisotopic (exact) mass is 401 g/mol. The number of benzene rings is 1. The Labute approximate surface area is 163 Å². The van der Waals surface area contributed by atoms with Gasteiger partial charge in [-0.25, -0.2) is 4.39 Å². The summed E-state index contributed by atoms with van der Waals surface area (Å²) >= 11 is 1.61. The Kier molecular flexibility index (Phi) is 7.32. The van der Waals surface area contributed by atoms with E-state index in [0.29, 0.717) is 25.1 Å². The van der Waals surface area contributed by atoms with Crippen LogP contribution in [0.25, 0.3) is 0 Å². The van der Waals surface area contributed by atoms with Crippen molar-refractivity contribution in [3.63, 3.8) is 0 Å². The van der Waals surface area contributed by atoms with Gasteiger partial charge in [-0.3, -0.25) is 9.59 Å². The van der Waals surface area contributed by atoms with Gasteiger partial charge >= 0.3 is 0 Å². The van der Waals surface area contributed by atoms with Crippen molar-refractivity contribution in [2.45, 2.75) is 37.1 Å². The first kappa shape index (κ1) is 21.0. The fourth-order valence-electron chi connectivity index (χ4n) is 3.54. The van der Waals surface area contributed by atoms with Crippen molar-refractivity contribution in [2.24, 2.45) is 0 Å². The molecule has 144 valence electrons. The molecule has 0 aromatic heterocycles. The number of hydrogen-bond acceptors (Lipinski definition) is 4. The summed E-state index contributed by atoms with van der Waals surface area (Å²) in [4.78, 5) is 26.3. The fourth-order valence-corrected chi connectivity index (χ4v) is 5.19. The van der Waals surface area contributed by atoms with E-state index in [1.807, 2.05) is 0 Å². The van der Waals surface area contributed by atoms with E-state index in [9.17, 15) is 14.0 Å². The van der Waals surface area contributed by atoms with Crippen molar-refractivity contribution < 1.29 is 14.0 Å². The van der Waals surface area contributed by atoms with Crippen LogP contribution in [-0.4, -0.2) is 48.1 Å². The number of hydrogen-bond donors (Lipinski definition) is 2. The molecule has 0 saturated carbocycles. The Morgan fingerprint density at radius 1 is 1.31 bits per heavy atom. The predicted molar refractivity (Wildman–Crippen MR) is 104 cm³/mol. The summed E-state index contributed by atoms with van der Waals surface area (Å²) in [5.74, 6) is 0.161. The third-order valence-electron chi connectivity index (χ3n) is 4.75. The van der Waals surface area contributed by atoms with Crippen LogP contribution >= 0.6 is 24.2 Å². The van der Waals surface area contributed by atoms with E-state index < -0.39 is 10.9 Å². The first-order valence-corrected chi connectivity index (χ1v) is 9.77. The summed E-state index contributed by atoms with van der Waals surface area (Å²) in [5.41, 5.74) is 0.893. The highest BCUT2D eigenvalue weighted by atomic mass is 35.5. The summed E-state index contributed by atoms with van der Waals surface area (Å²) in [6.07, 6.45) is 2.13. The molecule has 2 aliphatic rings. The van der Waals surface area contributed by atoms with Crippen LogP contribution in [0.1, 0.15) is 31.7 Å². The average molecular weight is 402 g/mol. The van der Waals surface area contributed by atoms with E-state index in [4.69, 9.17) is 0 Å². The first-order valence-electron chi connectivity index (χ1n) is 8.79. The van der Waals surface area contributed by atoms with E-state index in [2.05, 4.69) is 17.6 Å². The summed E-state index contributed by atoms with van der Waals surface area (Å²) < 4.78 is 13.3. The van der Waals surface area contributed by atoms with Crippen LogP contribution in [0.3, 0.4) is 0 Å². The lowest BCUT2D eigenvalue weighted by Crippen LogP contribution is -2.50. The van der Waals surface area contributed by atoms with Gasteiger partial charge < -0.3 is 15.5 Å². The molecule has 0 radical (unpaired) electrons. The van der Waals surface area contributed by atoms with Gasteiger partial charge in [0.05, 0.1) is 0 Å². The molecule has 2 saturated heterocycles. The molecule has 5 nitrogen and oxygen atoms in total. The molecule has 0 spiro atoms. The zero-order valence-electron chi connectivity index (χ0n) is 14.8. The number of carbonyl (C=O) groups is 2. The molecule has 2 heterocycles. The molecule has 1 aromatic carbocycles. The van der Waals surface area contributed by atoms with Crippen LogP contribution in [0.5, 0.6) is 0 Å². The smallest absolute Gasteiger partial charge is 0.243 e. The third kappa shape index (κ3) is 4.00. The normalized spacial score (nSPS) is 24.3. The zero-order valence-corrected chi connectivity index (χ0v) is 16.4. The highest BCUT2D eigenvalue weighted by Crippen LogP contribution is 2.54. The maximum atomic E-state index is 13.3. The minimum absolute atomic E-state index is 0. The van der Waals surface area contributed by atoms with Gasteiger partial charge in [0.15, 0.2) is 0 Å². The van der Waals surface area contributed by atoms with Gasteiger partial charge in [0.2, 0.25) is 11.8 Å². The van der Waals surface area contributed by atoms with Crippen molar-refractivity contribution in [1.82, 2.24) is 15.5 Å². The fraction of sp³-hybridized carbons (Fsp3) is 0.556. The Morgan fingerprint density at radius 2 is 2.04 bits per heavy atom. The molecule has 2 unspecified atom stereocenters. The standard InChI is InChI=1S/C18H24FN3O2S.ClH/c1-2-9-20-10-11-21-17(24)15-12-25-18(8-7-16(23)22(15)18)13-3-5-14(19)6-4-13;/h3-6,15,20H,2,7-12H2,1H3,(H,21,24);1H. The van der Waals surface area contributed by atoms with Gasteiger partial charge in [-0.2, -0.15) is 0 Å². The number of nitrogens with zero attached hydrogens (tertiary/aromatic N) is 1. The van der Waals surface area contributed by atoms with Crippen molar-refractivity contribution >= 4 is 36.0 Å². The van der Waals surface area contributed by atoms with Gasteiger partial charge in [-0.15, -0.1) is 24.2 Å². The lowest BCUT2D eigenvalue weighted by atomic mass is 10.0. The lowest BCUT2D eigenvalue weighted by molar-refractivity contribution is -0.138. The summed E-state index contributed by atoms with van der Waals surface area (Å²) in [6.45, 7) is 4.28. The van der Waals surface area contributed by atoms with Crippen LogP contribution in [-0.2, 0) is 14.5 Å². The largest absolute Gasteiger partial charge is 0.353 e. The molecule has 2 amide bonds. The third-order valence-corrected chi connectivity index (χ3v) is 6.35. The molecule has 2 N–H and O–H groups in total. The average Bonchev–Trinajstić information content (AvgIpc) is 3.15. The number of rotatable bonds is 7. The number of nitrogens with one attached hydrogen (secondary N) is 2. The number of halogens is 2.